The Morgan fingerprint density at radius 1 is 1.48 bits per heavy atom. The van der Waals surface area contributed by atoms with E-state index in [1.165, 1.54) is 6.08 Å². The van der Waals surface area contributed by atoms with Crippen molar-refractivity contribution in [1.82, 2.24) is 9.88 Å². The molecule has 6 nitrogen and oxygen atoms in total. The molecule has 0 saturated heterocycles. The number of para-hydroxylation sites is 1. The zero-order chi connectivity index (χ0) is 17.0. The molecule has 2 N–H and O–H groups in total. The number of carbonyl (C=O) groups is 2. The maximum atomic E-state index is 12.4. The largest absolute Gasteiger partial charge is 0.480 e. The predicted octanol–water partition coefficient (Wildman–Crippen LogP) is 2.22. The molecule has 0 bridgehead atoms. The molecule has 1 aromatic heterocycles. The molecule has 122 valence electrons. The summed E-state index contributed by atoms with van der Waals surface area (Å²) < 4.78 is 6.74. The minimum Gasteiger partial charge on any atom is -0.480 e. The van der Waals surface area contributed by atoms with Crippen molar-refractivity contribution < 1.29 is 19.4 Å². The van der Waals surface area contributed by atoms with Crippen LogP contribution in [0.15, 0.2) is 36.9 Å². The number of ether oxygens (including phenoxy) is 1. The van der Waals surface area contributed by atoms with Gasteiger partial charge in [0.15, 0.2) is 6.04 Å². The molecule has 1 aromatic carbocycles. The van der Waals surface area contributed by atoms with E-state index in [1.807, 2.05) is 18.2 Å². The fourth-order valence-electron chi connectivity index (χ4n) is 2.27. The first-order valence-electron chi connectivity index (χ1n) is 6.92. The lowest BCUT2D eigenvalue weighted by Gasteiger charge is -2.15. The van der Waals surface area contributed by atoms with Gasteiger partial charge in [-0.3, -0.25) is 4.79 Å². The Hall–Kier alpha value is -2.31. The van der Waals surface area contributed by atoms with Crippen LogP contribution in [0.4, 0.5) is 0 Å². The number of rotatable bonds is 7. The fourth-order valence-corrected chi connectivity index (χ4v) is 2.64. The Kier molecular flexibility index (Phi) is 5.41. The second kappa shape index (κ2) is 7.30. The highest BCUT2D eigenvalue weighted by Crippen LogP contribution is 2.29. The van der Waals surface area contributed by atoms with Crippen molar-refractivity contribution in [3.05, 3.63) is 47.6 Å². The number of aromatic nitrogens is 1. The third-order valence-corrected chi connectivity index (χ3v) is 3.77. The standard InChI is InChI=1S/C16H17ClN2O4/c1-3-8-23-9-11(16(21)22)18-15(20)14-13(17)10-6-4-5-7-12(10)19(14)2/h3-7,11H,1,8-9H2,2H3,(H,18,20)(H,21,22). The zero-order valence-electron chi connectivity index (χ0n) is 12.6. The Morgan fingerprint density at radius 3 is 2.78 bits per heavy atom. The van der Waals surface area contributed by atoms with Crippen LogP contribution in [0.5, 0.6) is 0 Å². The number of hydrogen-bond donors (Lipinski definition) is 2. The molecule has 0 aliphatic rings. The molecule has 1 unspecified atom stereocenters. The summed E-state index contributed by atoms with van der Waals surface area (Å²) in [6.45, 7) is 3.52. The van der Waals surface area contributed by atoms with Gasteiger partial charge in [-0.15, -0.1) is 6.58 Å². The van der Waals surface area contributed by atoms with Crippen LogP contribution < -0.4 is 5.32 Å². The summed E-state index contributed by atoms with van der Waals surface area (Å²) in [6, 6.07) is 6.12. The summed E-state index contributed by atoms with van der Waals surface area (Å²) in [5.41, 5.74) is 1.00. The van der Waals surface area contributed by atoms with Crippen molar-refractivity contribution in [2.75, 3.05) is 13.2 Å². The average Bonchev–Trinajstić information content (AvgIpc) is 2.78. The summed E-state index contributed by atoms with van der Waals surface area (Å²) >= 11 is 6.27. The van der Waals surface area contributed by atoms with Crippen LogP contribution in [0.3, 0.4) is 0 Å². The zero-order valence-corrected chi connectivity index (χ0v) is 13.3. The second-order valence-electron chi connectivity index (χ2n) is 4.93. The highest BCUT2D eigenvalue weighted by molar-refractivity contribution is 6.38. The Bertz CT molecular complexity index is 715. The number of nitrogens with one attached hydrogen (secondary N) is 1. The highest BCUT2D eigenvalue weighted by atomic mass is 35.5. The second-order valence-corrected chi connectivity index (χ2v) is 5.31. The molecular weight excluding hydrogens is 320 g/mol. The Labute approximate surface area is 138 Å². The fraction of sp³-hybridized carbons (Fsp3) is 0.250. The van der Waals surface area contributed by atoms with Crippen molar-refractivity contribution in [3.8, 4) is 0 Å². The van der Waals surface area contributed by atoms with Gasteiger partial charge in [-0.25, -0.2) is 4.79 Å². The van der Waals surface area contributed by atoms with Crippen LogP contribution in [0.1, 0.15) is 10.5 Å². The molecule has 0 spiro atoms. The van der Waals surface area contributed by atoms with E-state index < -0.39 is 17.9 Å². The molecule has 1 amide bonds. The van der Waals surface area contributed by atoms with Gasteiger partial charge < -0.3 is 19.7 Å². The third-order valence-electron chi connectivity index (χ3n) is 3.38. The summed E-state index contributed by atoms with van der Waals surface area (Å²) in [5, 5.41) is 12.6. The smallest absolute Gasteiger partial charge is 0.328 e. The first kappa shape index (κ1) is 17.1. The van der Waals surface area contributed by atoms with Crippen LogP contribution >= 0.6 is 11.6 Å². The number of fused-ring (bicyclic) bond motifs is 1. The summed E-state index contributed by atoms with van der Waals surface area (Å²) in [4.78, 5) is 23.7. The molecule has 0 aliphatic heterocycles. The molecule has 23 heavy (non-hydrogen) atoms. The summed E-state index contributed by atoms with van der Waals surface area (Å²) in [6.07, 6.45) is 1.50. The van der Waals surface area contributed by atoms with Gasteiger partial charge in [-0.2, -0.15) is 0 Å². The minimum absolute atomic E-state index is 0.158. The molecule has 1 heterocycles. The maximum Gasteiger partial charge on any atom is 0.328 e. The van der Waals surface area contributed by atoms with Crippen LogP contribution in [-0.2, 0) is 16.6 Å². The monoisotopic (exact) mass is 336 g/mol. The number of amides is 1. The number of nitrogens with zero attached hydrogens (tertiary/aromatic N) is 1. The van der Waals surface area contributed by atoms with Crippen molar-refractivity contribution in [1.29, 1.82) is 0 Å². The average molecular weight is 337 g/mol. The van der Waals surface area contributed by atoms with E-state index in [1.54, 1.807) is 17.7 Å². The number of aryl methyl sites for hydroxylation is 1. The maximum absolute atomic E-state index is 12.4. The van der Waals surface area contributed by atoms with Crippen molar-refractivity contribution in [2.45, 2.75) is 6.04 Å². The summed E-state index contributed by atoms with van der Waals surface area (Å²) in [5.74, 6) is -1.75. The van der Waals surface area contributed by atoms with E-state index >= 15 is 0 Å². The number of halogens is 1. The van der Waals surface area contributed by atoms with Crippen molar-refractivity contribution in [3.63, 3.8) is 0 Å². The van der Waals surface area contributed by atoms with Gasteiger partial charge in [0, 0.05) is 18.0 Å². The number of carboxylic acid groups (broad SMARTS) is 1. The first-order chi connectivity index (χ1) is 11.0. The molecular formula is C16H17ClN2O4. The van der Waals surface area contributed by atoms with E-state index in [-0.39, 0.29) is 23.9 Å². The van der Waals surface area contributed by atoms with E-state index in [0.29, 0.717) is 0 Å². The molecule has 7 heteroatoms. The van der Waals surface area contributed by atoms with Gasteiger partial charge in [-0.05, 0) is 6.07 Å². The lowest BCUT2D eigenvalue weighted by Crippen LogP contribution is -2.44. The topological polar surface area (TPSA) is 80.6 Å². The van der Waals surface area contributed by atoms with Gasteiger partial charge in [0.05, 0.1) is 18.2 Å². The molecule has 2 rings (SSSR count). The minimum atomic E-state index is -1.18. The predicted molar refractivity (Wildman–Crippen MR) is 87.8 cm³/mol. The number of hydrogen-bond acceptors (Lipinski definition) is 3. The quantitative estimate of drug-likeness (QED) is 0.600. The van der Waals surface area contributed by atoms with E-state index in [2.05, 4.69) is 11.9 Å². The van der Waals surface area contributed by atoms with E-state index in [4.69, 9.17) is 16.3 Å². The Balaban J connectivity index is 2.25. The van der Waals surface area contributed by atoms with Gasteiger partial charge in [0.2, 0.25) is 0 Å². The number of carbonyl (C=O) groups excluding carboxylic acids is 1. The van der Waals surface area contributed by atoms with Gasteiger partial charge in [-0.1, -0.05) is 35.9 Å². The van der Waals surface area contributed by atoms with Crippen LogP contribution in [0, 0.1) is 0 Å². The lowest BCUT2D eigenvalue weighted by atomic mass is 10.2. The van der Waals surface area contributed by atoms with Gasteiger partial charge in [0.25, 0.3) is 5.91 Å². The van der Waals surface area contributed by atoms with Crippen LogP contribution in [-0.4, -0.2) is 40.8 Å². The molecule has 0 aliphatic carbocycles. The molecule has 0 saturated carbocycles. The van der Waals surface area contributed by atoms with Crippen LogP contribution in [0.2, 0.25) is 5.02 Å². The molecule has 1 atom stereocenters. The molecule has 0 fully saturated rings. The van der Waals surface area contributed by atoms with E-state index in [0.717, 1.165) is 10.9 Å². The normalized spacial score (nSPS) is 12.1. The molecule has 2 aromatic rings. The number of benzene rings is 1. The number of aliphatic carboxylic acids is 1. The highest BCUT2D eigenvalue weighted by Gasteiger charge is 2.25. The number of carboxylic acids is 1. The van der Waals surface area contributed by atoms with E-state index in [9.17, 15) is 14.7 Å². The van der Waals surface area contributed by atoms with Gasteiger partial charge in [0.1, 0.15) is 5.69 Å². The van der Waals surface area contributed by atoms with Gasteiger partial charge >= 0.3 is 5.97 Å². The first-order valence-corrected chi connectivity index (χ1v) is 7.30. The van der Waals surface area contributed by atoms with Crippen molar-refractivity contribution in [2.24, 2.45) is 7.05 Å². The summed E-state index contributed by atoms with van der Waals surface area (Å²) in [7, 11) is 1.70. The SMILES string of the molecule is C=CCOCC(NC(=O)c1c(Cl)c2ccccc2n1C)C(=O)O. The Morgan fingerprint density at radius 2 is 2.17 bits per heavy atom. The van der Waals surface area contributed by atoms with Crippen LogP contribution in [0.25, 0.3) is 10.9 Å². The lowest BCUT2D eigenvalue weighted by molar-refractivity contribution is -0.140. The third kappa shape index (κ3) is 3.55. The van der Waals surface area contributed by atoms with Crippen molar-refractivity contribution >= 4 is 34.4 Å². The molecule has 0 radical (unpaired) electrons.